The first-order valence-corrected chi connectivity index (χ1v) is 6.29. The lowest BCUT2D eigenvalue weighted by Gasteiger charge is -2.18. The monoisotopic (exact) mass is 254 g/mol. The first kappa shape index (κ1) is 12.2. The molecule has 0 spiro atoms. The summed E-state index contributed by atoms with van der Waals surface area (Å²) in [6.45, 7) is 0. The van der Waals surface area contributed by atoms with Crippen molar-refractivity contribution < 1.29 is 4.79 Å². The number of halogens is 1. The van der Waals surface area contributed by atoms with Gasteiger partial charge in [-0.25, -0.2) is 0 Å². The van der Waals surface area contributed by atoms with Gasteiger partial charge >= 0.3 is 0 Å². The second-order valence-corrected chi connectivity index (χ2v) is 4.68. The summed E-state index contributed by atoms with van der Waals surface area (Å²) in [6.07, 6.45) is 4.60. The summed E-state index contributed by atoms with van der Waals surface area (Å²) in [6, 6.07) is 3.04. The third-order valence-corrected chi connectivity index (χ3v) is 3.61. The van der Waals surface area contributed by atoms with Crippen LogP contribution < -0.4 is 10.9 Å². The van der Waals surface area contributed by atoms with Crippen molar-refractivity contribution in [2.75, 3.05) is 5.88 Å². The Balaban J connectivity index is 2.04. The molecule has 1 fully saturated rings. The van der Waals surface area contributed by atoms with Crippen LogP contribution in [0.2, 0.25) is 0 Å². The van der Waals surface area contributed by atoms with Crippen LogP contribution in [0.25, 0.3) is 0 Å². The number of aromatic nitrogens is 1. The number of carbonyl (C=O) groups is 1. The zero-order valence-electron chi connectivity index (χ0n) is 9.41. The molecule has 5 heteroatoms. The van der Waals surface area contributed by atoms with Gasteiger partial charge in [-0.1, -0.05) is 6.42 Å². The summed E-state index contributed by atoms with van der Waals surface area (Å²) >= 11 is 5.85. The summed E-state index contributed by atoms with van der Waals surface area (Å²) in [7, 11) is 0. The predicted molar refractivity (Wildman–Crippen MR) is 66.4 cm³/mol. The SMILES string of the molecule is O=C(NC1CCCC1CCl)c1cc[nH]c(=O)c1. The molecule has 1 aromatic heterocycles. The van der Waals surface area contributed by atoms with Crippen molar-refractivity contribution in [3.8, 4) is 0 Å². The van der Waals surface area contributed by atoms with Crippen molar-refractivity contribution in [2.45, 2.75) is 25.3 Å². The second-order valence-electron chi connectivity index (χ2n) is 4.37. The number of hydrogen-bond donors (Lipinski definition) is 2. The maximum atomic E-state index is 11.9. The molecule has 1 heterocycles. The third-order valence-electron chi connectivity index (χ3n) is 3.21. The average Bonchev–Trinajstić information content (AvgIpc) is 2.76. The molecule has 1 aliphatic rings. The molecule has 2 rings (SSSR count). The maximum Gasteiger partial charge on any atom is 0.251 e. The van der Waals surface area contributed by atoms with E-state index < -0.39 is 0 Å². The van der Waals surface area contributed by atoms with Gasteiger partial charge in [0.25, 0.3) is 5.91 Å². The fourth-order valence-electron chi connectivity index (χ4n) is 2.25. The van der Waals surface area contributed by atoms with Gasteiger partial charge < -0.3 is 10.3 Å². The van der Waals surface area contributed by atoms with Crippen LogP contribution >= 0.6 is 11.6 Å². The minimum atomic E-state index is -0.266. The standard InChI is InChI=1S/C12H15ClN2O2/c13-7-9-2-1-3-10(9)15-12(17)8-4-5-14-11(16)6-8/h4-6,9-10H,1-3,7H2,(H,14,16)(H,15,17). The number of hydrogen-bond acceptors (Lipinski definition) is 2. The molecule has 17 heavy (non-hydrogen) atoms. The van der Waals surface area contributed by atoms with Crippen molar-refractivity contribution in [3.63, 3.8) is 0 Å². The Morgan fingerprint density at radius 3 is 3.06 bits per heavy atom. The zero-order valence-corrected chi connectivity index (χ0v) is 10.2. The van der Waals surface area contributed by atoms with Crippen LogP contribution in [0, 0.1) is 5.92 Å². The van der Waals surface area contributed by atoms with Crippen molar-refractivity contribution in [1.82, 2.24) is 10.3 Å². The summed E-state index contributed by atoms with van der Waals surface area (Å²) < 4.78 is 0. The Morgan fingerprint density at radius 1 is 1.53 bits per heavy atom. The molecule has 4 nitrogen and oxygen atoms in total. The molecule has 0 aliphatic heterocycles. The molecule has 92 valence electrons. The van der Waals surface area contributed by atoms with E-state index in [1.54, 1.807) is 6.07 Å². The number of amides is 1. The average molecular weight is 255 g/mol. The highest BCUT2D eigenvalue weighted by molar-refractivity contribution is 6.18. The highest BCUT2D eigenvalue weighted by Gasteiger charge is 2.27. The molecule has 2 unspecified atom stereocenters. The van der Waals surface area contributed by atoms with Crippen molar-refractivity contribution >= 4 is 17.5 Å². The number of pyridine rings is 1. The van der Waals surface area contributed by atoms with Crippen LogP contribution in [0.1, 0.15) is 29.6 Å². The molecule has 2 N–H and O–H groups in total. The molecule has 2 atom stereocenters. The van der Waals surface area contributed by atoms with Gasteiger partial charge in [-0.2, -0.15) is 0 Å². The fourth-order valence-corrected chi connectivity index (χ4v) is 2.62. The van der Waals surface area contributed by atoms with E-state index in [4.69, 9.17) is 11.6 Å². The van der Waals surface area contributed by atoms with E-state index in [2.05, 4.69) is 10.3 Å². The third kappa shape index (κ3) is 2.88. The maximum absolute atomic E-state index is 11.9. The highest BCUT2D eigenvalue weighted by atomic mass is 35.5. The van der Waals surface area contributed by atoms with E-state index in [0.717, 1.165) is 19.3 Å². The minimum absolute atomic E-state index is 0.138. The smallest absolute Gasteiger partial charge is 0.251 e. The Labute approximate surface area is 104 Å². The molecule has 0 saturated heterocycles. The molecule has 1 aromatic rings. The van der Waals surface area contributed by atoms with Gasteiger partial charge in [0, 0.05) is 29.7 Å². The fraction of sp³-hybridized carbons (Fsp3) is 0.500. The Morgan fingerprint density at radius 2 is 2.35 bits per heavy atom. The Kier molecular flexibility index (Phi) is 3.84. The molecule has 0 radical (unpaired) electrons. The van der Waals surface area contributed by atoms with Crippen molar-refractivity contribution in [3.05, 3.63) is 34.2 Å². The van der Waals surface area contributed by atoms with Gasteiger partial charge in [-0.3, -0.25) is 9.59 Å². The number of alkyl halides is 1. The Bertz CT molecular complexity index is 458. The lowest BCUT2D eigenvalue weighted by Crippen LogP contribution is -2.38. The van der Waals surface area contributed by atoms with Crippen LogP contribution in [0.5, 0.6) is 0 Å². The summed E-state index contributed by atoms with van der Waals surface area (Å²) in [4.78, 5) is 25.5. The van der Waals surface area contributed by atoms with Crippen LogP contribution in [0.4, 0.5) is 0 Å². The minimum Gasteiger partial charge on any atom is -0.349 e. The molecule has 1 saturated carbocycles. The largest absolute Gasteiger partial charge is 0.349 e. The molecular formula is C12H15ClN2O2. The molecule has 0 bridgehead atoms. The first-order valence-electron chi connectivity index (χ1n) is 5.76. The topological polar surface area (TPSA) is 62.0 Å². The lowest BCUT2D eigenvalue weighted by molar-refractivity contribution is 0.0930. The van der Waals surface area contributed by atoms with Gasteiger partial charge in [0.05, 0.1) is 0 Å². The lowest BCUT2D eigenvalue weighted by atomic mass is 10.1. The molecule has 0 aromatic carbocycles. The number of nitrogens with one attached hydrogen (secondary N) is 2. The van der Waals surface area contributed by atoms with Crippen LogP contribution in [0.3, 0.4) is 0 Å². The van der Waals surface area contributed by atoms with E-state index in [1.807, 2.05) is 0 Å². The number of carbonyl (C=O) groups excluding carboxylic acids is 1. The van der Waals surface area contributed by atoms with Gasteiger partial charge in [0.2, 0.25) is 5.56 Å². The number of rotatable bonds is 3. The van der Waals surface area contributed by atoms with Crippen LogP contribution in [-0.2, 0) is 0 Å². The normalized spacial score (nSPS) is 23.6. The van der Waals surface area contributed by atoms with Crippen molar-refractivity contribution in [2.24, 2.45) is 5.92 Å². The quantitative estimate of drug-likeness (QED) is 0.804. The van der Waals surface area contributed by atoms with Crippen molar-refractivity contribution in [1.29, 1.82) is 0 Å². The van der Waals surface area contributed by atoms with E-state index in [1.165, 1.54) is 12.3 Å². The van der Waals surface area contributed by atoms with Gasteiger partial charge in [-0.15, -0.1) is 11.6 Å². The van der Waals surface area contributed by atoms with E-state index >= 15 is 0 Å². The zero-order chi connectivity index (χ0) is 12.3. The van der Waals surface area contributed by atoms with Gasteiger partial charge in [-0.05, 0) is 24.8 Å². The van der Waals surface area contributed by atoms with Crippen LogP contribution in [0.15, 0.2) is 23.1 Å². The van der Waals surface area contributed by atoms with Crippen LogP contribution in [-0.4, -0.2) is 22.8 Å². The van der Waals surface area contributed by atoms with E-state index in [-0.39, 0.29) is 17.5 Å². The Hall–Kier alpha value is -1.29. The first-order chi connectivity index (χ1) is 8.20. The molecule has 1 amide bonds. The van der Waals surface area contributed by atoms with E-state index in [0.29, 0.717) is 17.4 Å². The predicted octanol–water partition coefficient (Wildman–Crippen LogP) is 1.51. The van der Waals surface area contributed by atoms with Gasteiger partial charge in [0.1, 0.15) is 0 Å². The second kappa shape index (κ2) is 5.36. The molecule has 1 aliphatic carbocycles. The summed E-state index contributed by atoms with van der Waals surface area (Å²) in [5.74, 6) is 0.723. The number of H-pyrrole nitrogens is 1. The van der Waals surface area contributed by atoms with Gasteiger partial charge in [0.15, 0.2) is 0 Å². The summed E-state index contributed by atoms with van der Waals surface area (Å²) in [5.41, 5.74) is 0.131. The van der Waals surface area contributed by atoms with E-state index in [9.17, 15) is 9.59 Å². The molecular weight excluding hydrogens is 240 g/mol. The number of aromatic amines is 1. The highest BCUT2D eigenvalue weighted by Crippen LogP contribution is 2.26. The summed E-state index contributed by atoms with van der Waals surface area (Å²) in [5, 5.41) is 2.95.